The van der Waals surface area contributed by atoms with E-state index < -0.39 is 15.0 Å². The van der Waals surface area contributed by atoms with Gasteiger partial charge in [-0.05, 0) is 30.2 Å². The van der Waals surface area contributed by atoms with E-state index in [0.29, 0.717) is 17.7 Å². The van der Waals surface area contributed by atoms with Crippen molar-refractivity contribution < 1.29 is 22.3 Å². The minimum atomic E-state index is -3.43. The second kappa shape index (κ2) is 8.28. The first-order chi connectivity index (χ1) is 11.7. The summed E-state index contributed by atoms with van der Waals surface area (Å²) >= 11 is 6.01. The van der Waals surface area contributed by atoms with Crippen LogP contribution in [0.5, 0.6) is 5.75 Å². The summed E-state index contributed by atoms with van der Waals surface area (Å²) in [4.78, 5) is 10.2. The van der Waals surface area contributed by atoms with Crippen LogP contribution in [-0.2, 0) is 27.3 Å². The normalized spacial score (nSPS) is 11.3. The fourth-order valence-electron chi connectivity index (χ4n) is 1.99. The van der Waals surface area contributed by atoms with Gasteiger partial charge in [-0.2, -0.15) is 8.42 Å². The highest BCUT2D eigenvalue weighted by Gasteiger charge is 2.10. The van der Waals surface area contributed by atoms with E-state index in [9.17, 15) is 18.5 Å². The van der Waals surface area contributed by atoms with Gasteiger partial charge in [0.05, 0.1) is 22.8 Å². The molecule has 0 aromatic heterocycles. The smallest absolute Gasteiger partial charge is 0.270 e. The predicted octanol–water partition coefficient (Wildman–Crippen LogP) is 3.35. The van der Waals surface area contributed by atoms with Crippen molar-refractivity contribution in [3.8, 4) is 5.75 Å². The van der Waals surface area contributed by atoms with Crippen LogP contribution in [0.2, 0.25) is 5.02 Å². The molecule has 0 aliphatic carbocycles. The first-order valence-electron chi connectivity index (χ1n) is 7.23. The first-order valence-corrected chi connectivity index (χ1v) is 9.43. The van der Waals surface area contributed by atoms with Crippen LogP contribution in [0.1, 0.15) is 11.1 Å². The summed E-state index contributed by atoms with van der Waals surface area (Å²) < 4.78 is 32.1. The predicted molar refractivity (Wildman–Crippen MR) is 93.4 cm³/mol. The number of ether oxygens (including phenoxy) is 1. The number of halogens is 1. The monoisotopic (exact) mass is 385 g/mol. The number of rotatable bonds is 8. The molecule has 0 unspecified atom stereocenters. The number of benzene rings is 2. The van der Waals surface area contributed by atoms with Crippen LogP contribution in [0.4, 0.5) is 5.69 Å². The zero-order chi connectivity index (χ0) is 18.4. The van der Waals surface area contributed by atoms with Crippen molar-refractivity contribution in [2.45, 2.75) is 13.0 Å². The lowest BCUT2D eigenvalue weighted by atomic mass is 10.1. The van der Waals surface area contributed by atoms with Gasteiger partial charge in [-0.15, -0.1) is 0 Å². The Hall–Kier alpha value is -2.16. The molecule has 0 bridgehead atoms. The van der Waals surface area contributed by atoms with Crippen LogP contribution >= 0.6 is 11.6 Å². The molecule has 0 fully saturated rings. The highest BCUT2D eigenvalue weighted by Crippen LogP contribution is 2.24. The van der Waals surface area contributed by atoms with Gasteiger partial charge < -0.3 is 4.74 Å². The summed E-state index contributed by atoms with van der Waals surface area (Å²) in [5.41, 5.74) is 1.47. The molecule has 0 aliphatic heterocycles. The molecule has 0 amide bonds. The molecule has 7 nitrogen and oxygen atoms in total. The average molecular weight is 386 g/mol. The van der Waals surface area contributed by atoms with Crippen LogP contribution in [0.3, 0.4) is 0 Å². The van der Waals surface area contributed by atoms with Crippen LogP contribution in [0.15, 0.2) is 42.5 Å². The van der Waals surface area contributed by atoms with Gasteiger partial charge in [-0.3, -0.25) is 14.3 Å². The van der Waals surface area contributed by atoms with Gasteiger partial charge in [0.2, 0.25) is 0 Å². The van der Waals surface area contributed by atoms with Gasteiger partial charge in [0.25, 0.3) is 15.8 Å². The van der Waals surface area contributed by atoms with E-state index in [1.165, 1.54) is 12.1 Å². The summed E-state index contributed by atoms with van der Waals surface area (Å²) in [6, 6.07) is 11.3. The standard InChI is InChI=1S/C16H16ClNO6S/c1-25(21,22)24-9-8-12-2-6-15(7-3-12)23-11-13-4-5-14(18(19)20)10-16(13)17/h2-7,10H,8-9,11H2,1H3. The maximum absolute atomic E-state index is 10.9. The molecule has 134 valence electrons. The van der Waals surface area contributed by atoms with Crippen molar-refractivity contribution in [2.24, 2.45) is 0 Å². The van der Waals surface area contributed by atoms with Crippen molar-refractivity contribution in [1.82, 2.24) is 0 Å². The van der Waals surface area contributed by atoms with E-state index in [2.05, 4.69) is 4.18 Å². The Bertz CT molecular complexity index is 851. The zero-order valence-electron chi connectivity index (χ0n) is 13.3. The Morgan fingerprint density at radius 1 is 1.16 bits per heavy atom. The SMILES string of the molecule is CS(=O)(=O)OCCc1ccc(OCc2ccc([N+](=O)[O-])cc2Cl)cc1. The van der Waals surface area contributed by atoms with Crippen molar-refractivity contribution in [3.63, 3.8) is 0 Å². The Kier molecular flexibility index (Phi) is 6.35. The molecule has 0 heterocycles. The van der Waals surface area contributed by atoms with Gasteiger partial charge in [-0.25, -0.2) is 0 Å². The highest BCUT2D eigenvalue weighted by atomic mass is 35.5. The molecule has 25 heavy (non-hydrogen) atoms. The molecular weight excluding hydrogens is 370 g/mol. The molecule has 0 saturated carbocycles. The number of non-ortho nitro benzene ring substituents is 1. The third kappa shape index (κ3) is 6.33. The molecule has 9 heteroatoms. The van der Waals surface area contributed by atoms with Crippen LogP contribution in [-0.4, -0.2) is 26.2 Å². The van der Waals surface area contributed by atoms with Gasteiger partial charge in [-0.1, -0.05) is 23.7 Å². The largest absolute Gasteiger partial charge is 0.489 e. The maximum atomic E-state index is 10.9. The number of hydrogen-bond donors (Lipinski definition) is 0. The quantitative estimate of drug-likeness (QED) is 0.393. The number of nitro groups is 1. The second-order valence-corrected chi connectivity index (χ2v) is 7.29. The Morgan fingerprint density at radius 2 is 1.84 bits per heavy atom. The molecule has 0 saturated heterocycles. The summed E-state index contributed by atoms with van der Waals surface area (Å²) in [6.07, 6.45) is 1.47. The maximum Gasteiger partial charge on any atom is 0.270 e. The highest BCUT2D eigenvalue weighted by molar-refractivity contribution is 7.85. The second-order valence-electron chi connectivity index (χ2n) is 5.24. The molecule has 2 aromatic rings. The van der Waals surface area contributed by atoms with E-state index in [1.807, 2.05) is 0 Å². The lowest BCUT2D eigenvalue weighted by molar-refractivity contribution is -0.384. The van der Waals surface area contributed by atoms with Crippen LogP contribution < -0.4 is 4.74 Å². The van der Waals surface area contributed by atoms with Crippen molar-refractivity contribution in [3.05, 3.63) is 68.7 Å². The van der Waals surface area contributed by atoms with Gasteiger partial charge in [0.1, 0.15) is 12.4 Å². The number of nitrogens with zero attached hydrogens (tertiary/aromatic N) is 1. The van der Waals surface area contributed by atoms with E-state index in [0.717, 1.165) is 11.8 Å². The molecule has 0 N–H and O–H groups in total. The Balaban J connectivity index is 1.90. The van der Waals surface area contributed by atoms with Crippen molar-refractivity contribution >= 4 is 27.4 Å². The van der Waals surface area contributed by atoms with Crippen molar-refractivity contribution in [2.75, 3.05) is 12.9 Å². The fourth-order valence-corrected chi connectivity index (χ4v) is 2.61. The van der Waals surface area contributed by atoms with Crippen LogP contribution in [0, 0.1) is 10.1 Å². The molecular formula is C16H16ClNO6S. The fraction of sp³-hybridized carbons (Fsp3) is 0.250. The van der Waals surface area contributed by atoms with Gasteiger partial charge in [0.15, 0.2) is 0 Å². The van der Waals surface area contributed by atoms with E-state index in [-0.39, 0.29) is 23.9 Å². The molecule has 0 radical (unpaired) electrons. The van der Waals surface area contributed by atoms with Crippen molar-refractivity contribution in [1.29, 1.82) is 0 Å². The summed E-state index contributed by atoms with van der Waals surface area (Å²) in [5.74, 6) is 0.599. The lowest BCUT2D eigenvalue weighted by Gasteiger charge is -2.09. The number of nitro benzene ring substituents is 1. The molecule has 0 aliphatic rings. The van der Waals surface area contributed by atoms with Gasteiger partial charge in [0, 0.05) is 17.7 Å². The Labute approximate surface area is 150 Å². The molecule has 2 rings (SSSR count). The zero-order valence-corrected chi connectivity index (χ0v) is 14.9. The molecule has 2 aromatic carbocycles. The van der Waals surface area contributed by atoms with Gasteiger partial charge >= 0.3 is 0 Å². The molecule has 0 spiro atoms. The number of hydrogen-bond acceptors (Lipinski definition) is 6. The van der Waals surface area contributed by atoms with E-state index >= 15 is 0 Å². The lowest BCUT2D eigenvalue weighted by Crippen LogP contribution is -2.06. The third-order valence-corrected chi connectivity index (χ3v) is 4.20. The topological polar surface area (TPSA) is 95.7 Å². The summed E-state index contributed by atoms with van der Waals surface area (Å²) in [6.45, 7) is 0.255. The average Bonchev–Trinajstić information content (AvgIpc) is 2.53. The third-order valence-electron chi connectivity index (χ3n) is 3.25. The van der Waals surface area contributed by atoms with E-state index in [1.54, 1.807) is 30.3 Å². The summed E-state index contributed by atoms with van der Waals surface area (Å²) in [7, 11) is -3.43. The van der Waals surface area contributed by atoms with Crippen LogP contribution in [0.25, 0.3) is 0 Å². The molecule has 0 atom stereocenters. The minimum absolute atomic E-state index is 0.0746. The first kappa shape index (κ1) is 19.2. The minimum Gasteiger partial charge on any atom is -0.489 e. The van der Waals surface area contributed by atoms with E-state index in [4.69, 9.17) is 16.3 Å². The Morgan fingerprint density at radius 3 is 2.40 bits per heavy atom. The summed E-state index contributed by atoms with van der Waals surface area (Å²) in [5, 5.41) is 10.9.